The summed E-state index contributed by atoms with van der Waals surface area (Å²) in [5.74, 6) is -3.47. The molecule has 0 radical (unpaired) electrons. The molecule has 2 fully saturated rings. The van der Waals surface area contributed by atoms with Crippen LogP contribution in [-0.2, 0) is 16.8 Å². The molecule has 4 aromatic rings. The number of nitrogens with zero attached hydrogens (tertiary/aromatic N) is 3. The van der Waals surface area contributed by atoms with Gasteiger partial charge < -0.3 is 20.9 Å². The fourth-order valence-corrected chi connectivity index (χ4v) is 5.84. The van der Waals surface area contributed by atoms with Gasteiger partial charge in [-0.3, -0.25) is 14.3 Å². The minimum Gasteiger partial charge on any atom is -0.491 e. The molecule has 1 atom stereocenters. The van der Waals surface area contributed by atoms with E-state index in [1.54, 1.807) is 13.0 Å². The number of carbonyl (C=O) groups is 2. The third-order valence-corrected chi connectivity index (χ3v) is 8.61. The molecule has 4 N–H and O–H groups in total. The number of ether oxygens (including phenoxy) is 1. The van der Waals surface area contributed by atoms with Crippen molar-refractivity contribution >= 4 is 45.9 Å². The van der Waals surface area contributed by atoms with E-state index in [4.69, 9.17) is 33.7 Å². The molecular weight excluding hydrogens is 615 g/mol. The van der Waals surface area contributed by atoms with E-state index in [2.05, 4.69) is 15.4 Å². The first-order chi connectivity index (χ1) is 21.0. The van der Waals surface area contributed by atoms with Gasteiger partial charge in [-0.15, -0.1) is 0 Å². The van der Waals surface area contributed by atoms with Crippen LogP contribution in [0.25, 0.3) is 22.2 Å². The van der Waals surface area contributed by atoms with Crippen molar-refractivity contribution in [3.05, 3.63) is 75.0 Å². The molecule has 44 heavy (non-hydrogen) atoms. The van der Waals surface area contributed by atoms with Gasteiger partial charge in [-0.1, -0.05) is 23.2 Å². The van der Waals surface area contributed by atoms with Crippen molar-refractivity contribution in [3.8, 4) is 17.0 Å². The average Bonchev–Trinajstić information content (AvgIpc) is 3.93. The van der Waals surface area contributed by atoms with Crippen molar-refractivity contribution in [3.63, 3.8) is 0 Å². The van der Waals surface area contributed by atoms with Crippen molar-refractivity contribution in [2.45, 2.75) is 50.7 Å². The zero-order chi connectivity index (χ0) is 31.3. The van der Waals surface area contributed by atoms with Gasteiger partial charge in [0.2, 0.25) is 5.91 Å². The zero-order valence-corrected chi connectivity index (χ0v) is 25.2. The first kappa shape index (κ1) is 30.2. The lowest BCUT2D eigenvalue weighted by atomic mass is 9.90. The Labute approximate surface area is 261 Å². The monoisotopic (exact) mass is 643 g/mol. The molecule has 2 aromatic carbocycles. The lowest BCUT2D eigenvalue weighted by Crippen LogP contribution is -2.43. The first-order valence-electron chi connectivity index (χ1n) is 14.3. The number of halogens is 4. The maximum atomic E-state index is 15.3. The van der Waals surface area contributed by atoms with E-state index < -0.39 is 34.1 Å². The summed E-state index contributed by atoms with van der Waals surface area (Å²) in [6.07, 6.45) is 4.91. The van der Waals surface area contributed by atoms with E-state index in [1.165, 1.54) is 12.1 Å². The van der Waals surface area contributed by atoms with Crippen molar-refractivity contribution in [2.24, 2.45) is 11.7 Å². The van der Waals surface area contributed by atoms with Gasteiger partial charge in [0.1, 0.15) is 33.4 Å². The minimum atomic E-state index is -1.72. The number of pyridine rings is 1. The molecule has 0 aliphatic heterocycles. The second kappa shape index (κ2) is 11.6. The zero-order valence-electron chi connectivity index (χ0n) is 23.7. The molecule has 2 aromatic heterocycles. The molecule has 2 aliphatic rings. The van der Waals surface area contributed by atoms with E-state index in [1.807, 2.05) is 10.9 Å². The highest BCUT2D eigenvalue weighted by Crippen LogP contribution is 2.47. The molecule has 2 saturated carbocycles. The third kappa shape index (κ3) is 5.71. The number of rotatable bonds is 11. The number of nitrogens with one attached hydrogen (secondary N) is 1. The fraction of sp³-hybridized carbons (Fsp3) is 0.355. The average molecular weight is 645 g/mol. The smallest absolute Gasteiger partial charge is 0.251 e. The van der Waals surface area contributed by atoms with E-state index in [0.717, 1.165) is 30.4 Å². The number of aromatic nitrogens is 3. The van der Waals surface area contributed by atoms with Crippen LogP contribution in [-0.4, -0.2) is 44.8 Å². The van der Waals surface area contributed by atoms with Gasteiger partial charge >= 0.3 is 0 Å². The maximum Gasteiger partial charge on any atom is 0.251 e. The number of amides is 2. The van der Waals surface area contributed by atoms with Crippen LogP contribution in [0.15, 0.2) is 36.5 Å². The van der Waals surface area contributed by atoms with Gasteiger partial charge in [-0.05, 0) is 68.9 Å². The van der Waals surface area contributed by atoms with Gasteiger partial charge in [0.05, 0.1) is 36.3 Å². The van der Waals surface area contributed by atoms with Crippen LogP contribution in [0.3, 0.4) is 0 Å². The first-order valence-corrected chi connectivity index (χ1v) is 15.0. The summed E-state index contributed by atoms with van der Waals surface area (Å²) in [7, 11) is 0. The molecule has 0 unspecified atom stereocenters. The summed E-state index contributed by atoms with van der Waals surface area (Å²) < 4.78 is 37.0. The molecule has 9 nitrogen and oxygen atoms in total. The van der Waals surface area contributed by atoms with Crippen molar-refractivity contribution < 1.29 is 28.2 Å². The van der Waals surface area contributed by atoms with Crippen molar-refractivity contribution in [1.82, 2.24) is 20.1 Å². The Morgan fingerprint density at radius 1 is 1.18 bits per heavy atom. The van der Waals surface area contributed by atoms with Gasteiger partial charge in [0, 0.05) is 28.3 Å². The summed E-state index contributed by atoms with van der Waals surface area (Å²) >= 11 is 12.4. The van der Waals surface area contributed by atoms with Gasteiger partial charge in [0.25, 0.3) is 5.91 Å². The van der Waals surface area contributed by atoms with E-state index in [-0.39, 0.29) is 59.3 Å². The second-order valence-electron chi connectivity index (χ2n) is 11.3. The highest BCUT2D eigenvalue weighted by atomic mass is 35.5. The second-order valence-corrected chi connectivity index (χ2v) is 12.0. The number of aliphatic hydroxyl groups is 1. The summed E-state index contributed by atoms with van der Waals surface area (Å²) in [5, 5.41) is 19.7. The van der Waals surface area contributed by atoms with Crippen LogP contribution in [0, 0.1) is 17.6 Å². The third-order valence-electron chi connectivity index (χ3n) is 7.97. The SMILES string of the molecule is CCOc1c(CC(N)=O)cc([C@@](O)(CNC(=O)c2cc(Cl)c3nn(C4CC4)cc3c2)C2CC2)nc1-c1ccc(F)c(Cl)c1F. The molecule has 0 saturated heterocycles. The Bertz CT molecular complexity index is 1810. The maximum absolute atomic E-state index is 15.3. The standard InChI is InChI=1S/C31H29Cl2F2N5O4/c1-2-44-29-15(12-24(36)41)11-23(38-28(29)20-7-8-22(34)25(33)26(20)35)31(43,18-3-4-18)14-37-30(42)16-9-17-13-40(19-5-6-19)39-27(17)21(32)10-16/h7-11,13,18-19,43H,2-6,12,14H2,1H3,(H2,36,41)(H,37,42)/t31-/m1/s1. The predicted octanol–water partition coefficient (Wildman–Crippen LogP) is 5.47. The van der Waals surface area contributed by atoms with Crippen LogP contribution < -0.4 is 15.8 Å². The van der Waals surface area contributed by atoms with Crippen LogP contribution >= 0.6 is 23.2 Å². The van der Waals surface area contributed by atoms with E-state index >= 15 is 4.39 Å². The van der Waals surface area contributed by atoms with Crippen molar-refractivity contribution in [2.75, 3.05) is 13.2 Å². The molecule has 2 heterocycles. The number of primary amides is 1. The molecule has 0 spiro atoms. The summed E-state index contributed by atoms with van der Waals surface area (Å²) in [4.78, 5) is 30.0. The Morgan fingerprint density at radius 2 is 1.93 bits per heavy atom. The number of fused-ring (bicyclic) bond motifs is 1. The molecule has 0 bridgehead atoms. The molecular formula is C31H29Cl2F2N5O4. The number of carbonyl (C=O) groups excluding carboxylic acids is 2. The van der Waals surface area contributed by atoms with Crippen LogP contribution in [0.1, 0.15) is 60.3 Å². The highest BCUT2D eigenvalue weighted by Gasteiger charge is 2.47. The molecule has 13 heteroatoms. The van der Waals surface area contributed by atoms with Gasteiger partial charge in [-0.25, -0.2) is 13.8 Å². The Balaban J connectivity index is 1.38. The summed E-state index contributed by atoms with van der Waals surface area (Å²) in [6, 6.07) is 7.18. The number of hydrogen-bond acceptors (Lipinski definition) is 6. The van der Waals surface area contributed by atoms with Crippen molar-refractivity contribution in [1.29, 1.82) is 0 Å². The Morgan fingerprint density at radius 3 is 2.59 bits per heavy atom. The fourth-order valence-electron chi connectivity index (χ4n) is 5.41. The quantitative estimate of drug-likeness (QED) is 0.186. The Kier molecular flexibility index (Phi) is 7.98. The van der Waals surface area contributed by atoms with Crippen LogP contribution in [0.5, 0.6) is 5.75 Å². The summed E-state index contributed by atoms with van der Waals surface area (Å²) in [6.45, 7) is 1.57. The Hall–Kier alpha value is -3.80. The largest absolute Gasteiger partial charge is 0.491 e. The molecule has 230 valence electrons. The number of hydrogen-bond donors (Lipinski definition) is 3. The topological polar surface area (TPSA) is 132 Å². The number of nitrogens with two attached hydrogens (primary N) is 1. The van der Waals surface area contributed by atoms with Gasteiger partial charge in [-0.2, -0.15) is 5.10 Å². The molecule has 2 amide bonds. The van der Waals surface area contributed by atoms with Crippen LogP contribution in [0.2, 0.25) is 10.0 Å². The summed E-state index contributed by atoms with van der Waals surface area (Å²) in [5.41, 5.74) is 4.73. The lowest BCUT2D eigenvalue weighted by Gasteiger charge is -2.30. The normalized spacial score (nSPS) is 16.1. The lowest BCUT2D eigenvalue weighted by molar-refractivity contribution is -0.117. The van der Waals surface area contributed by atoms with Crippen LogP contribution in [0.4, 0.5) is 8.78 Å². The van der Waals surface area contributed by atoms with Gasteiger partial charge in [0.15, 0.2) is 5.82 Å². The predicted molar refractivity (Wildman–Crippen MR) is 161 cm³/mol. The number of benzene rings is 2. The highest BCUT2D eigenvalue weighted by molar-refractivity contribution is 6.35. The minimum absolute atomic E-state index is 0.0495. The molecule has 2 aliphatic carbocycles. The molecule has 6 rings (SSSR count). The van der Waals surface area contributed by atoms with E-state index in [0.29, 0.717) is 29.4 Å². The van der Waals surface area contributed by atoms with E-state index in [9.17, 15) is 19.1 Å².